The molecule has 5 nitrogen and oxygen atoms in total. The standard InChI is InChI=1S/C17H28FN3O2/c1-4-9-21(10-7-17(22)23)13-14-5-6-15(18)16(12-14)20(3)11-8-19-2/h5-6,12,19H,4,7-11,13H2,1-3H3,(H,22,23). The van der Waals surface area contributed by atoms with E-state index >= 15 is 0 Å². The van der Waals surface area contributed by atoms with Gasteiger partial charge in [-0.1, -0.05) is 13.0 Å². The normalized spacial score (nSPS) is 11.0. The third-order valence-corrected chi connectivity index (χ3v) is 3.71. The van der Waals surface area contributed by atoms with E-state index in [2.05, 4.69) is 17.1 Å². The minimum atomic E-state index is -0.794. The molecule has 0 saturated carbocycles. The SMILES string of the molecule is CCCN(CCC(=O)O)Cc1ccc(F)c(N(C)CCNC)c1. The predicted octanol–water partition coefficient (Wildman–Crippen LogP) is 2.17. The number of hydrogen-bond acceptors (Lipinski definition) is 4. The predicted molar refractivity (Wildman–Crippen MR) is 91.4 cm³/mol. The highest BCUT2D eigenvalue weighted by Crippen LogP contribution is 2.21. The molecule has 1 aromatic carbocycles. The Balaban J connectivity index is 2.79. The fourth-order valence-electron chi connectivity index (χ4n) is 2.45. The number of likely N-dealkylation sites (N-methyl/N-ethyl adjacent to an activating group) is 2. The summed E-state index contributed by atoms with van der Waals surface area (Å²) in [6.45, 7) is 5.53. The van der Waals surface area contributed by atoms with Crippen LogP contribution in [0.2, 0.25) is 0 Å². The van der Waals surface area contributed by atoms with Crippen LogP contribution in [0.4, 0.5) is 10.1 Å². The van der Waals surface area contributed by atoms with Crippen molar-refractivity contribution in [1.29, 1.82) is 0 Å². The van der Waals surface area contributed by atoms with Gasteiger partial charge in [-0.2, -0.15) is 0 Å². The lowest BCUT2D eigenvalue weighted by atomic mass is 10.1. The van der Waals surface area contributed by atoms with Crippen molar-refractivity contribution in [3.8, 4) is 0 Å². The van der Waals surface area contributed by atoms with Crippen LogP contribution in [-0.4, -0.2) is 56.3 Å². The van der Waals surface area contributed by atoms with Crippen LogP contribution in [-0.2, 0) is 11.3 Å². The first-order valence-corrected chi connectivity index (χ1v) is 8.06. The van der Waals surface area contributed by atoms with Gasteiger partial charge in [0, 0.05) is 33.2 Å². The molecular formula is C17H28FN3O2. The van der Waals surface area contributed by atoms with Crippen molar-refractivity contribution in [2.75, 3.05) is 45.2 Å². The van der Waals surface area contributed by atoms with Gasteiger partial charge in [0.05, 0.1) is 12.1 Å². The molecule has 0 amide bonds. The number of carboxylic acid groups (broad SMARTS) is 1. The van der Waals surface area contributed by atoms with Crippen molar-refractivity contribution in [2.45, 2.75) is 26.3 Å². The molecule has 1 aromatic rings. The van der Waals surface area contributed by atoms with Crippen molar-refractivity contribution < 1.29 is 14.3 Å². The summed E-state index contributed by atoms with van der Waals surface area (Å²) in [5.74, 6) is -1.03. The minimum Gasteiger partial charge on any atom is -0.481 e. The van der Waals surface area contributed by atoms with Crippen LogP contribution in [0.1, 0.15) is 25.3 Å². The van der Waals surface area contributed by atoms with Crippen LogP contribution in [0.3, 0.4) is 0 Å². The summed E-state index contributed by atoms with van der Waals surface area (Å²) in [7, 11) is 3.74. The van der Waals surface area contributed by atoms with E-state index in [1.54, 1.807) is 6.07 Å². The fourth-order valence-corrected chi connectivity index (χ4v) is 2.45. The molecule has 0 heterocycles. The lowest BCUT2D eigenvalue weighted by Gasteiger charge is -2.23. The molecule has 0 aromatic heterocycles. The Labute approximate surface area is 138 Å². The molecule has 0 atom stereocenters. The number of hydrogen-bond donors (Lipinski definition) is 2. The summed E-state index contributed by atoms with van der Waals surface area (Å²) in [6.07, 6.45) is 1.08. The van der Waals surface area contributed by atoms with Gasteiger partial charge in [0.25, 0.3) is 0 Å². The highest BCUT2D eigenvalue weighted by Gasteiger charge is 2.12. The zero-order valence-corrected chi connectivity index (χ0v) is 14.3. The lowest BCUT2D eigenvalue weighted by Crippen LogP contribution is -2.29. The van der Waals surface area contributed by atoms with Crippen LogP contribution >= 0.6 is 0 Å². The Bertz CT molecular complexity index is 497. The van der Waals surface area contributed by atoms with E-state index in [-0.39, 0.29) is 12.2 Å². The third kappa shape index (κ3) is 6.97. The highest BCUT2D eigenvalue weighted by atomic mass is 19.1. The van der Waals surface area contributed by atoms with Gasteiger partial charge in [-0.05, 0) is 37.7 Å². The Kier molecular flexibility index (Phi) is 8.58. The Morgan fingerprint density at radius 2 is 2.04 bits per heavy atom. The van der Waals surface area contributed by atoms with Crippen LogP contribution < -0.4 is 10.2 Å². The molecule has 0 aliphatic carbocycles. The lowest BCUT2D eigenvalue weighted by molar-refractivity contribution is -0.137. The molecule has 0 bridgehead atoms. The second-order valence-electron chi connectivity index (χ2n) is 5.73. The topological polar surface area (TPSA) is 55.8 Å². The Morgan fingerprint density at radius 3 is 2.65 bits per heavy atom. The molecule has 0 radical (unpaired) electrons. The van der Waals surface area contributed by atoms with E-state index in [9.17, 15) is 9.18 Å². The largest absolute Gasteiger partial charge is 0.481 e. The fraction of sp³-hybridized carbons (Fsp3) is 0.588. The molecule has 0 spiro atoms. The van der Waals surface area contributed by atoms with E-state index in [0.717, 1.165) is 25.1 Å². The van der Waals surface area contributed by atoms with Crippen LogP contribution in [0.15, 0.2) is 18.2 Å². The number of nitrogens with zero attached hydrogens (tertiary/aromatic N) is 2. The number of anilines is 1. The number of rotatable bonds is 11. The Morgan fingerprint density at radius 1 is 1.30 bits per heavy atom. The molecule has 23 heavy (non-hydrogen) atoms. The molecule has 6 heteroatoms. The van der Waals surface area contributed by atoms with Gasteiger partial charge in [-0.15, -0.1) is 0 Å². The summed E-state index contributed by atoms with van der Waals surface area (Å²) >= 11 is 0. The minimum absolute atomic E-state index is 0.121. The monoisotopic (exact) mass is 325 g/mol. The molecule has 130 valence electrons. The molecule has 0 aliphatic rings. The van der Waals surface area contributed by atoms with E-state index in [1.807, 2.05) is 25.1 Å². The average molecular weight is 325 g/mol. The summed E-state index contributed by atoms with van der Waals surface area (Å²) in [4.78, 5) is 14.7. The maximum Gasteiger partial charge on any atom is 0.304 e. The van der Waals surface area contributed by atoms with Gasteiger partial charge in [0.15, 0.2) is 0 Å². The molecule has 0 aliphatic heterocycles. The first-order chi connectivity index (χ1) is 11.0. The number of carboxylic acids is 1. The molecule has 0 saturated heterocycles. The maximum absolute atomic E-state index is 14.0. The van der Waals surface area contributed by atoms with E-state index in [1.165, 1.54) is 6.07 Å². The van der Waals surface area contributed by atoms with Gasteiger partial charge >= 0.3 is 5.97 Å². The Hall–Kier alpha value is -1.66. The summed E-state index contributed by atoms with van der Waals surface area (Å²) in [6, 6.07) is 5.12. The van der Waals surface area contributed by atoms with Gasteiger partial charge in [0.2, 0.25) is 0 Å². The number of benzene rings is 1. The second kappa shape index (κ2) is 10.2. The van der Waals surface area contributed by atoms with Crippen molar-refractivity contribution in [3.63, 3.8) is 0 Å². The van der Waals surface area contributed by atoms with E-state index in [0.29, 0.717) is 25.3 Å². The molecule has 2 N–H and O–H groups in total. The molecular weight excluding hydrogens is 297 g/mol. The quantitative estimate of drug-likeness (QED) is 0.653. The highest BCUT2D eigenvalue weighted by molar-refractivity contribution is 5.66. The molecule has 0 unspecified atom stereocenters. The van der Waals surface area contributed by atoms with Gasteiger partial charge in [-0.3, -0.25) is 9.69 Å². The maximum atomic E-state index is 14.0. The van der Waals surface area contributed by atoms with E-state index in [4.69, 9.17) is 5.11 Å². The smallest absolute Gasteiger partial charge is 0.304 e. The van der Waals surface area contributed by atoms with Crippen molar-refractivity contribution in [1.82, 2.24) is 10.2 Å². The molecule has 0 fully saturated rings. The number of carbonyl (C=O) groups is 1. The summed E-state index contributed by atoms with van der Waals surface area (Å²) in [5, 5.41) is 11.9. The van der Waals surface area contributed by atoms with E-state index < -0.39 is 5.97 Å². The third-order valence-electron chi connectivity index (χ3n) is 3.71. The zero-order valence-electron chi connectivity index (χ0n) is 14.3. The van der Waals surface area contributed by atoms with Crippen LogP contribution in [0, 0.1) is 5.82 Å². The first kappa shape index (κ1) is 19.4. The average Bonchev–Trinajstić information content (AvgIpc) is 2.52. The second-order valence-corrected chi connectivity index (χ2v) is 5.73. The van der Waals surface area contributed by atoms with Gasteiger partial charge in [0.1, 0.15) is 5.82 Å². The number of nitrogens with one attached hydrogen (secondary N) is 1. The van der Waals surface area contributed by atoms with Gasteiger partial charge < -0.3 is 15.3 Å². The number of halogens is 1. The van der Waals surface area contributed by atoms with Crippen LogP contribution in [0.25, 0.3) is 0 Å². The van der Waals surface area contributed by atoms with Crippen LogP contribution in [0.5, 0.6) is 0 Å². The first-order valence-electron chi connectivity index (χ1n) is 8.06. The van der Waals surface area contributed by atoms with Crippen molar-refractivity contribution in [2.24, 2.45) is 0 Å². The van der Waals surface area contributed by atoms with Gasteiger partial charge in [-0.25, -0.2) is 4.39 Å². The molecule has 1 rings (SSSR count). The summed E-state index contributed by atoms with van der Waals surface area (Å²) < 4.78 is 14.0. The zero-order chi connectivity index (χ0) is 17.2. The van der Waals surface area contributed by atoms with Crippen molar-refractivity contribution >= 4 is 11.7 Å². The van der Waals surface area contributed by atoms with Crippen molar-refractivity contribution in [3.05, 3.63) is 29.6 Å². The number of aliphatic carboxylic acids is 1. The summed E-state index contributed by atoms with van der Waals surface area (Å²) in [5.41, 5.74) is 1.57.